The number of hydrogen-bond donors (Lipinski definition) is 1. The molecule has 1 N–H and O–H groups in total. The molecule has 0 aliphatic rings. The van der Waals surface area contributed by atoms with Crippen molar-refractivity contribution in [3.05, 3.63) is 53.3 Å². The molecule has 0 amide bonds. The molecule has 0 aliphatic carbocycles. The van der Waals surface area contributed by atoms with E-state index in [0.29, 0.717) is 5.15 Å². The monoisotopic (exact) mass is 218 g/mol. The third-order valence-electron chi connectivity index (χ3n) is 2.07. The molecular weight excluding hydrogens is 208 g/mol. The number of pyridine rings is 1. The van der Waals surface area contributed by atoms with E-state index in [4.69, 9.17) is 11.6 Å². The lowest BCUT2D eigenvalue weighted by Crippen LogP contribution is -1.90. The van der Waals surface area contributed by atoms with Gasteiger partial charge in [-0.1, -0.05) is 29.3 Å². The van der Waals surface area contributed by atoms with Crippen LogP contribution in [0.1, 0.15) is 5.56 Å². The van der Waals surface area contributed by atoms with Crippen LogP contribution in [0.5, 0.6) is 0 Å². The molecule has 2 aromatic rings. The molecule has 0 fully saturated rings. The van der Waals surface area contributed by atoms with Crippen LogP contribution in [0, 0.1) is 6.92 Å². The highest BCUT2D eigenvalue weighted by Crippen LogP contribution is 2.18. The van der Waals surface area contributed by atoms with Gasteiger partial charge in [-0.2, -0.15) is 0 Å². The van der Waals surface area contributed by atoms with Gasteiger partial charge in [0.15, 0.2) is 0 Å². The van der Waals surface area contributed by atoms with Gasteiger partial charge in [0.05, 0.1) is 0 Å². The van der Waals surface area contributed by atoms with Crippen molar-refractivity contribution in [2.45, 2.75) is 6.92 Å². The van der Waals surface area contributed by atoms with Crippen LogP contribution < -0.4 is 5.32 Å². The Morgan fingerprint density at radius 3 is 2.47 bits per heavy atom. The lowest BCUT2D eigenvalue weighted by atomic mass is 10.2. The molecular formula is C12H11ClN2. The van der Waals surface area contributed by atoms with E-state index in [-0.39, 0.29) is 0 Å². The zero-order valence-corrected chi connectivity index (χ0v) is 9.12. The predicted molar refractivity (Wildman–Crippen MR) is 63.7 cm³/mol. The van der Waals surface area contributed by atoms with Gasteiger partial charge in [0.25, 0.3) is 0 Å². The molecule has 2 nitrogen and oxygen atoms in total. The van der Waals surface area contributed by atoms with Gasteiger partial charge in [0.2, 0.25) is 0 Å². The van der Waals surface area contributed by atoms with Crippen LogP contribution in [-0.2, 0) is 0 Å². The van der Waals surface area contributed by atoms with Gasteiger partial charge >= 0.3 is 0 Å². The lowest BCUT2D eigenvalue weighted by Gasteiger charge is -2.06. The van der Waals surface area contributed by atoms with Gasteiger partial charge in [-0.15, -0.1) is 0 Å². The predicted octanol–water partition coefficient (Wildman–Crippen LogP) is 3.79. The zero-order valence-electron chi connectivity index (χ0n) is 8.37. The van der Waals surface area contributed by atoms with Gasteiger partial charge < -0.3 is 5.32 Å². The van der Waals surface area contributed by atoms with Crippen LogP contribution in [0.4, 0.5) is 11.4 Å². The third kappa shape index (κ3) is 2.70. The summed E-state index contributed by atoms with van der Waals surface area (Å²) in [6.45, 7) is 2.06. The molecule has 0 saturated heterocycles. The highest BCUT2D eigenvalue weighted by Gasteiger charge is 1.95. The van der Waals surface area contributed by atoms with E-state index >= 15 is 0 Å². The molecule has 0 bridgehead atoms. The van der Waals surface area contributed by atoms with Crippen molar-refractivity contribution in [3.8, 4) is 0 Å². The van der Waals surface area contributed by atoms with Crippen LogP contribution in [0.25, 0.3) is 0 Å². The Morgan fingerprint density at radius 1 is 1.07 bits per heavy atom. The standard InChI is InChI=1S/C12H11ClN2/c1-9-2-4-10(5-3-9)15-11-6-7-14-12(13)8-11/h2-8H,1H3,(H,14,15). The normalized spacial score (nSPS) is 10.0. The summed E-state index contributed by atoms with van der Waals surface area (Å²) in [4.78, 5) is 3.92. The van der Waals surface area contributed by atoms with Crippen LogP contribution in [0.3, 0.4) is 0 Å². The summed E-state index contributed by atoms with van der Waals surface area (Å²) >= 11 is 5.79. The Morgan fingerprint density at radius 2 is 1.80 bits per heavy atom. The van der Waals surface area contributed by atoms with E-state index in [2.05, 4.69) is 29.4 Å². The molecule has 0 unspecified atom stereocenters. The third-order valence-corrected chi connectivity index (χ3v) is 2.27. The van der Waals surface area contributed by atoms with Crippen molar-refractivity contribution in [1.82, 2.24) is 4.98 Å². The molecule has 0 radical (unpaired) electrons. The first-order valence-electron chi connectivity index (χ1n) is 4.69. The van der Waals surface area contributed by atoms with E-state index in [0.717, 1.165) is 11.4 Å². The molecule has 1 heterocycles. The van der Waals surface area contributed by atoms with E-state index in [1.807, 2.05) is 18.2 Å². The number of rotatable bonds is 2. The quantitative estimate of drug-likeness (QED) is 0.776. The van der Waals surface area contributed by atoms with E-state index < -0.39 is 0 Å². The van der Waals surface area contributed by atoms with Crippen LogP contribution >= 0.6 is 11.6 Å². The summed E-state index contributed by atoms with van der Waals surface area (Å²) in [5.41, 5.74) is 3.23. The molecule has 2 rings (SSSR count). The summed E-state index contributed by atoms with van der Waals surface area (Å²) in [7, 11) is 0. The molecule has 0 aliphatic heterocycles. The highest BCUT2D eigenvalue weighted by atomic mass is 35.5. The molecule has 15 heavy (non-hydrogen) atoms. The Balaban J connectivity index is 2.18. The van der Waals surface area contributed by atoms with Crippen molar-refractivity contribution >= 4 is 23.0 Å². The highest BCUT2D eigenvalue weighted by molar-refractivity contribution is 6.29. The molecule has 0 atom stereocenters. The fraction of sp³-hybridized carbons (Fsp3) is 0.0833. The average molecular weight is 219 g/mol. The molecule has 1 aromatic carbocycles. The number of halogens is 1. The van der Waals surface area contributed by atoms with Crippen molar-refractivity contribution in [2.24, 2.45) is 0 Å². The first-order chi connectivity index (χ1) is 7.24. The fourth-order valence-electron chi connectivity index (χ4n) is 1.28. The van der Waals surface area contributed by atoms with Gasteiger partial charge in [-0.25, -0.2) is 4.98 Å². The maximum absolute atomic E-state index is 5.79. The summed E-state index contributed by atoms with van der Waals surface area (Å²) in [6.07, 6.45) is 1.68. The van der Waals surface area contributed by atoms with Crippen molar-refractivity contribution in [3.63, 3.8) is 0 Å². The van der Waals surface area contributed by atoms with Crippen molar-refractivity contribution < 1.29 is 0 Å². The van der Waals surface area contributed by atoms with E-state index in [1.54, 1.807) is 12.3 Å². The first kappa shape index (κ1) is 9.99. The summed E-state index contributed by atoms with van der Waals surface area (Å²) in [6, 6.07) is 11.9. The minimum Gasteiger partial charge on any atom is -0.355 e. The van der Waals surface area contributed by atoms with Crippen LogP contribution in [0.15, 0.2) is 42.6 Å². The smallest absolute Gasteiger partial charge is 0.131 e. The topological polar surface area (TPSA) is 24.9 Å². The second kappa shape index (κ2) is 4.32. The number of nitrogens with one attached hydrogen (secondary N) is 1. The summed E-state index contributed by atoms with van der Waals surface area (Å²) in [5.74, 6) is 0. The Kier molecular flexibility index (Phi) is 2.88. The van der Waals surface area contributed by atoms with Crippen LogP contribution in [0.2, 0.25) is 5.15 Å². The SMILES string of the molecule is Cc1ccc(Nc2ccnc(Cl)c2)cc1. The van der Waals surface area contributed by atoms with Crippen LogP contribution in [-0.4, -0.2) is 4.98 Å². The number of nitrogens with zero attached hydrogens (tertiary/aromatic N) is 1. The molecule has 1 aromatic heterocycles. The second-order valence-electron chi connectivity index (χ2n) is 3.36. The number of anilines is 2. The number of aryl methyl sites for hydroxylation is 1. The van der Waals surface area contributed by atoms with E-state index in [9.17, 15) is 0 Å². The minimum atomic E-state index is 0.493. The minimum absolute atomic E-state index is 0.493. The van der Waals surface area contributed by atoms with E-state index in [1.165, 1.54) is 5.56 Å². The number of hydrogen-bond acceptors (Lipinski definition) is 2. The van der Waals surface area contributed by atoms with Gasteiger partial charge in [0, 0.05) is 17.6 Å². The number of benzene rings is 1. The first-order valence-corrected chi connectivity index (χ1v) is 5.07. The largest absolute Gasteiger partial charge is 0.355 e. The maximum atomic E-state index is 5.79. The van der Waals surface area contributed by atoms with Crippen molar-refractivity contribution in [1.29, 1.82) is 0 Å². The fourth-order valence-corrected chi connectivity index (χ4v) is 1.46. The second-order valence-corrected chi connectivity index (χ2v) is 3.75. The van der Waals surface area contributed by atoms with Gasteiger partial charge in [-0.3, -0.25) is 0 Å². The molecule has 0 spiro atoms. The summed E-state index contributed by atoms with van der Waals surface area (Å²) in [5, 5.41) is 3.74. The summed E-state index contributed by atoms with van der Waals surface area (Å²) < 4.78 is 0. The molecule has 0 saturated carbocycles. The van der Waals surface area contributed by atoms with Gasteiger partial charge in [-0.05, 0) is 31.2 Å². The van der Waals surface area contributed by atoms with Crippen molar-refractivity contribution in [2.75, 3.05) is 5.32 Å². The average Bonchev–Trinajstić information content (AvgIpc) is 2.22. The Hall–Kier alpha value is -1.54. The lowest BCUT2D eigenvalue weighted by molar-refractivity contribution is 1.32. The Labute approximate surface area is 93.9 Å². The number of aromatic nitrogens is 1. The molecule has 3 heteroatoms. The maximum Gasteiger partial charge on any atom is 0.131 e. The zero-order chi connectivity index (χ0) is 10.7. The molecule has 76 valence electrons. The Bertz CT molecular complexity index is 451. The van der Waals surface area contributed by atoms with Gasteiger partial charge in [0.1, 0.15) is 5.15 Å².